The summed E-state index contributed by atoms with van der Waals surface area (Å²) >= 11 is 6.04. The zero-order valence-electron chi connectivity index (χ0n) is 18.7. The van der Waals surface area contributed by atoms with Crippen LogP contribution in [-0.4, -0.2) is 24.7 Å². The standard InChI is InChI=1S/C26H25ClN2O4/c1-17(2)21-12-11-18(3)13-24(21)32-16-25(30)29-28-15-19-7-6-8-20(14-19)33-26(31)22-9-4-5-10-23(22)27/h4-15,17H,16H2,1-3H3,(H,29,30)/b28-15+. The lowest BCUT2D eigenvalue weighted by Crippen LogP contribution is -2.25. The average Bonchev–Trinajstić information content (AvgIpc) is 2.78. The molecule has 0 saturated carbocycles. The molecule has 6 nitrogen and oxygen atoms in total. The quantitative estimate of drug-likeness (QED) is 0.206. The van der Waals surface area contributed by atoms with Gasteiger partial charge in [0.2, 0.25) is 0 Å². The number of aryl methyl sites for hydroxylation is 1. The number of nitrogens with one attached hydrogen (secondary N) is 1. The fourth-order valence-electron chi connectivity index (χ4n) is 3.05. The SMILES string of the molecule is Cc1ccc(C(C)C)c(OCC(=O)N/N=C/c2cccc(OC(=O)c3ccccc3Cl)c2)c1. The Kier molecular flexibility index (Phi) is 8.22. The summed E-state index contributed by atoms with van der Waals surface area (Å²) in [5.41, 5.74) is 5.46. The van der Waals surface area contributed by atoms with Crippen molar-refractivity contribution in [2.75, 3.05) is 6.61 Å². The Hall–Kier alpha value is -3.64. The van der Waals surface area contributed by atoms with Crippen molar-refractivity contribution < 1.29 is 19.1 Å². The minimum atomic E-state index is -0.558. The number of carbonyl (C=O) groups excluding carboxylic acids is 2. The van der Waals surface area contributed by atoms with Crippen LogP contribution in [0.25, 0.3) is 0 Å². The molecule has 1 N–H and O–H groups in total. The van der Waals surface area contributed by atoms with Crippen molar-refractivity contribution in [3.05, 3.63) is 94.0 Å². The van der Waals surface area contributed by atoms with Crippen LogP contribution in [0.5, 0.6) is 11.5 Å². The molecule has 0 bridgehead atoms. The fourth-order valence-corrected chi connectivity index (χ4v) is 3.26. The number of ether oxygens (including phenoxy) is 2. The monoisotopic (exact) mass is 464 g/mol. The number of hydrazone groups is 1. The molecule has 0 unspecified atom stereocenters. The number of hydrogen-bond acceptors (Lipinski definition) is 5. The third kappa shape index (κ3) is 6.92. The zero-order chi connectivity index (χ0) is 23.8. The number of esters is 1. The summed E-state index contributed by atoms with van der Waals surface area (Å²) < 4.78 is 11.1. The molecule has 0 fully saturated rings. The Morgan fingerprint density at radius 2 is 1.85 bits per heavy atom. The summed E-state index contributed by atoms with van der Waals surface area (Å²) in [4.78, 5) is 24.5. The van der Waals surface area contributed by atoms with E-state index in [0.717, 1.165) is 11.1 Å². The van der Waals surface area contributed by atoms with Crippen LogP contribution in [0, 0.1) is 6.92 Å². The molecule has 3 aromatic carbocycles. The van der Waals surface area contributed by atoms with Gasteiger partial charge in [-0.05, 0) is 59.9 Å². The summed E-state index contributed by atoms with van der Waals surface area (Å²) in [6.45, 7) is 5.96. The molecule has 0 aromatic heterocycles. The van der Waals surface area contributed by atoms with Crippen molar-refractivity contribution in [1.29, 1.82) is 0 Å². The number of benzene rings is 3. The van der Waals surface area contributed by atoms with Gasteiger partial charge < -0.3 is 9.47 Å². The summed E-state index contributed by atoms with van der Waals surface area (Å²) in [6, 6.07) is 19.4. The van der Waals surface area contributed by atoms with Crippen LogP contribution in [0.4, 0.5) is 0 Å². The van der Waals surface area contributed by atoms with Crippen molar-refractivity contribution in [2.24, 2.45) is 5.10 Å². The highest BCUT2D eigenvalue weighted by Crippen LogP contribution is 2.27. The van der Waals surface area contributed by atoms with Crippen molar-refractivity contribution in [1.82, 2.24) is 5.43 Å². The fraction of sp³-hybridized carbons (Fsp3) is 0.192. The van der Waals surface area contributed by atoms with Gasteiger partial charge in [-0.1, -0.05) is 61.8 Å². The molecule has 0 spiro atoms. The molecule has 3 rings (SSSR count). The van der Waals surface area contributed by atoms with Gasteiger partial charge in [-0.3, -0.25) is 4.79 Å². The van der Waals surface area contributed by atoms with Gasteiger partial charge in [0.25, 0.3) is 5.91 Å². The van der Waals surface area contributed by atoms with Crippen LogP contribution in [0.15, 0.2) is 71.8 Å². The molecule has 7 heteroatoms. The van der Waals surface area contributed by atoms with Gasteiger partial charge in [0.15, 0.2) is 6.61 Å². The highest BCUT2D eigenvalue weighted by atomic mass is 35.5. The Morgan fingerprint density at radius 3 is 2.61 bits per heavy atom. The van der Waals surface area contributed by atoms with E-state index in [2.05, 4.69) is 24.4 Å². The van der Waals surface area contributed by atoms with E-state index in [9.17, 15) is 9.59 Å². The normalized spacial score (nSPS) is 10.9. The number of hydrogen-bond donors (Lipinski definition) is 1. The first-order chi connectivity index (χ1) is 15.8. The maximum absolute atomic E-state index is 12.3. The number of nitrogens with zero attached hydrogens (tertiary/aromatic N) is 1. The van der Waals surface area contributed by atoms with Gasteiger partial charge in [-0.15, -0.1) is 0 Å². The van der Waals surface area contributed by atoms with Gasteiger partial charge in [0.05, 0.1) is 16.8 Å². The van der Waals surface area contributed by atoms with E-state index in [0.29, 0.717) is 22.1 Å². The largest absolute Gasteiger partial charge is 0.483 e. The highest BCUT2D eigenvalue weighted by Gasteiger charge is 2.12. The summed E-state index contributed by atoms with van der Waals surface area (Å²) in [5, 5.41) is 4.27. The first kappa shape index (κ1) is 24.0. The van der Waals surface area contributed by atoms with Gasteiger partial charge in [0, 0.05) is 0 Å². The van der Waals surface area contributed by atoms with Gasteiger partial charge in [0.1, 0.15) is 11.5 Å². The molecule has 0 atom stereocenters. The lowest BCUT2D eigenvalue weighted by atomic mass is 10.0. The maximum atomic E-state index is 12.3. The third-order valence-corrected chi connectivity index (χ3v) is 5.04. The van der Waals surface area contributed by atoms with Crippen molar-refractivity contribution in [2.45, 2.75) is 26.7 Å². The van der Waals surface area contributed by atoms with Gasteiger partial charge in [-0.25, -0.2) is 10.2 Å². The lowest BCUT2D eigenvalue weighted by Gasteiger charge is -2.14. The van der Waals surface area contributed by atoms with E-state index in [1.54, 1.807) is 48.5 Å². The van der Waals surface area contributed by atoms with Crippen molar-refractivity contribution in [3.8, 4) is 11.5 Å². The molecule has 0 saturated heterocycles. The average molecular weight is 465 g/mol. The highest BCUT2D eigenvalue weighted by molar-refractivity contribution is 6.33. The predicted octanol–water partition coefficient (Wildman–Crippen LogP) is 5.52. The van der Waals surface area contributed by atoms with E-state index in [-0.39, 0.29) is 24.0 Å². The van der Waals surface area contributed by atoms with E-state index in [1.165, 1.54) is 6.21 Å². The van der Waals surface area contributed by atoms with Crippen LogP contribution in [0.3, 0.4) is 0 Å². The second-order valence-electron chi connectivity index (χ2n) is 7.72. The topological polar surface area (TPSA) is 77.0 Å². The van der Waals surface area contributed by atoms with Gasteiger partial charge in [-0.2, -0.15) is 5.10 Å². The molecule has 0 radical (unpaired) electrons. The van der Waals surface area contributed by atoms with E-state index >= 15 is 0 Å². The molecule has 1 amide bonds. The number of amides is 1. The molecule has 170 valence electrons. The van der Waals surface area contributed by atoms with Crippen LogP contribution in [0.2, 0.25) is 5.02 Å². The van der Waals surface area contributed by atoms with Crippen LogP contribution >= 0.6 is 11.6 Å². The Balaban J connectivity index is 1.55. The summed E-state index contributed by atoms with van der Waals surface area (Å²) in [6.07, 6.45) is 1.46. The number of carbonyl (C=O) groups is 2. The minimum absolute atomic E-state index is 0.157. The van der Waals surface area contributed by atoms with Crippen LogP contribution < -0.4 is 14.9 Å². The minimum Gasteiger partial charge on any atom is -0.483 e. The molecule has 0 aliphatic carbocycles. The lowest BCUT2D eigenvalue weighted by molar-refractivity contribution is -0.123. The molecule has 0 aliphatic heterocycles. The maximum Gasteiger partial charge on any atom is 0.345 e. The molecule has 0 aliphatic rings. The molecule has 3 aromatic rings. The van der Waals surface area contributed by atoms with E-state index in [1.807, 2.05) is 25.1 Å². The smallest absolute Gasteiger partial charge is 0.345 e. The summed E-state index contributed by atoms with van der Waals surface area (Å²) in [7, 11) is 0. The van der Waals surface area contributed by atoms with Crippen LogP contribution in [0.1, 0.15) is 46.8 Å². The zero-order valence-corrected chi connectivity index (χ0v) is 19.4. The van der Waals surface area contributed by atoms with Crippen molar-refractivity contribution >= 4 is 29.7 Å². The second-order valence-corrected chi connectivity index (χ2v) is 8.13. The summed E-state index contributed by atoms with van der Waals surface area (Å²) in [5.74, 6) is 0.359. The van der Waals surface area contributed by atoms with Crippen LogP contribution in [-0.2, 0) is 4.79 Å². The van der Waals surface area contributed by atoms with E-state index < -0.39 is 5.97 Å². The Morgan fingerprint density at radius 1 is 1.06 bits per heavy atom. The Bertz CT molecular complexity index is 1170. The molecular weight excluding hydrogens is 440 g/mol. The second kappa shape index (κ2) is 11.3. The number of halogens is 1. The van der Waals surface area contributed by atoms with Crippen molar-refractivity contribution in [3.63, 3.8) is 0 Å². The first-order valence-corrected chi connectivity index (χ1v) is 10.8. The molecule has 0 heterocycles. The predicted molar refractivity (Wildman–Crippen MR) is 129 cm³/mol. The molecular formula is C26H25ClN2O4. The third-order valence-electron chi connectivity index (χ3n) is 4.72. The van der Waals surface area contributed by atoms with E-state index in [4.69, 9.17) is 21.1 Å². The molecule has 33 heavy (non-hydrogen) atoms. The Labute approximate surface area is 198 Å². The van der Waals surface area contributed by atoms with Gasteiger partial charge >= 0.3 is 5.97 Å². The first-order valence-electron chi connectivity index (χ1n) is 10.5. The number of rotatable bonds is 8.